The molecule has 3 rings (SSSR count). The number of aliphatic hydroxyl groups is 1. The van der Waals surface area contributed by atoms with E-state index in [9.17, 15) is 18.0 Å². The number of sulfonamides is 1. The predicted octanol–water partition coefficient (Wildman–Crippen LogP) is 1.99. The van der Waals surface area contributed by atoms with Crippen LogP contribution in [0.5, 0.6) is 0 Å². The van der Waals surface area contributed by atoms with Crippen LogP contribution in [0.2, 0.25) is 0 Å². The quantitative estimate of drug-likeness (QED) is 0.586. The molecule has 0 aliphatic carbocycles. The second-order valence-electron chi connectivity index (χ2n) is 8.15. The van der Waals surface area contributed by atoms with Gasteiger partial charge in [0.15, 0.2) is 0 Å². The summed E-state index contributed by atoms with van der Waals surface area (Å²) in [5, 5.41) is 11.4. The summed E-state index contributed by atoms with van der Waals surface area (Å²) < 4.78 is 25.6. The molecule has 1 aliphatic rings. The van der Waals surface area contributed by atoms with Crippen LogP contribution in [0, 0.1) is 6.92 Å². The molecule has 2 amide bonds. The second kappa shape index (κ2) is 10.1. The zero-order valence-corrected chi connectivity index (χ0v) is 19.1. The molecule has 0 unspecified atom stereocenters. The minimum absolute atomic E-state index is 0.102. The maximum atomic E-state index is 13.0. The summed E-state index contributed by atoms with van der Waals surface area (Å²) in [6, 6.07) is 13.1. The number of rotatable bonds is 7. The third-order valence-corrected chi connectivity index (χ3v) is 6.24. The van der Waals surface area contributed by atoms with E-state index >= 15 is 0 Å². The number of anilines is 1. The normalized spacial score (nSPS) is 14.8. The van der Waals surface area contributed by atoms with Crippen molar-refractivity contribution in [2.75, 3.05) is 30.7 Å². The molecule has 8 nitrogen and oxygen atoms in total. The topological polar surface area (TPSA) is 116 Å². The van der Waals surface area contributed by atoms with Crippen LogP contribution in [0.3, 0.4) is 0 Å². The molecule has 0 aromatic heterocycles. The SMILES string of the molecule is Cc1ccc(C(=O)N2CCC(c3ccc(CNC(=O)CO)cc3)CC2)cc1NS(C)(=O)=O. The van der Waals surface area contributed by atoms with E-state index in [1.165, 1.54) is 5.56 Å². The molecule has 32 heavy (non-hydrogen) atoms. The number of likely N-dealkylation sites (tertiary alicyclic amines) is 1. The molecule has 1 saturated heterocycles. The largest absolute Gasteiger partial charge is 0.387 e. The Morgan fingerprint density at radius 3 is 2.34 bits per heavy atom. The van der Waals surface area contributed by atoms with Crippen molar-refractivity contribution in [2.45, 2.75) is 32.2 Å². The van der Waals surface area contributed by atoms with E-state index in [2.05, 4.69) is 10.0 Å². The van der Waals surface area contributed by atoms with Crippen LogP contribution < -0.4 is 10.0 Å². The van der Waals surface area contributed by atoms with Gasteiger partial charge in [0.05, 0.1) is 11.9 Å². The van der Waals surface area contributed by atoms with Gasteiger partial charge in [0, 0.05) is 25.2 Å². The summed E-state index contributed by atoms with van der Waals surface area (Å²) in [6.07, 6.45) is 2.77. The molecule has 0 atom stereocenters. The van der Waals surface area contributed by atoms with Gasteiger partial charge in [0.2, 0.25) is 15.9 Å². The molecule has 0 radical (unpaired) electrons. The first-order valence-electron chi connectivity index (χ1n) is 10.5. The van der Waals surface area contributed by atoms with Gasteiger partial charge in [0.1, 0.15) is 6.61 Å². The Labute approximate surface area is 188 Å². The Balaban J connectivity index is 1.59. The van der Waals surface area contributed by atoms with Crippen LogP contribution in [-0.2, 0) is 21.4 Å². The lowest BCUT2D eigenvalue weighted by molar-refractivity contribution is -0.123. The van der Waals surface area contributed by atoms with Gasteiger partial charge in [0.25, 0.3) is 5.91 Å². The number of aliphatic hydroxyl groups excluding tert-OH is 1. The number of nitrogens with zero attached hydrogens (tertiary/aromatic N) is 1. The highest BCUT2D eigenvalue weighted by molar-refractivity contribution is 7.92. The summed E-state index contributed by atoms with van der Waals surface area (Å²) in [5.74, 6) is -0.158. The van der Waals surface area contributed by atoms with E-state index in [0.717, 1.165) is 30.2 Å². The van der Waals surface area contributed by atoms with Crippen molar-refractivity contribution in [3.63, 3.8) is 0 Å². The molecule has 0 saturated carbocycles. The average Bonchev–Trinajstić information content (AvgIpc) is 2.78. The van der Waals surface area contributed by atoms with Gasteiger partial charge < -0.3 is 15.3 Å². The second-order valence-corrected chi connectivity index (χ2v) is 9.90. The lowest BCUT2D eigenvalue weighted by Crippen LogP contribution is -2.38. The predicted molar refractivity (Wildman–Crippen MR) is 123 cm³/mol. The van der Waals surface area contributed by atoms with Crippen LogP contribution in [-0.4, -0.2) is 56.2 Å². The first-order valence-corrected chi connectivity index (χ1v) is 12.4. The Kier molecular flexibility index (Phi) is 7.52. The molecule has 1 aliphatic heterocycles. The molecule has 172 valence electrons. The lowest BCUT2D eigenvalue weighted by atomic mass is 9.88. The third kappa shape index (κ3) is 6.30. The van der Waals surface area contributed by atoms with Gasteiger partial charge in [-0.1, -0.05) is 30.3 Å². The maximum Gasteiger partial charge on any atom is 0.253 e. The van der Waals surface area contributed by atoms with E-state index in [1.807, 2.05) is 29.2 Å². The number of hydrogen-bond acceptors (Lipinski definition) is 5. The van der Waals surface area contributed by atoms with Gasteiger partial charge in [-0.05, 0) is 54.5 Å². The first kappa shape index (κ1) is 23.7. The summed E-state index contributed by atoms with van der Waals surface area (Å²) in [4.78, 5) is 25.9. The number of amides is 2. The molecule has 1 heterocycles. The molecular weight excluding hydrogens is 430 g/mol. The van der Waals surface area contributed by atoms with Gasteiger partial charge in [-0.15, -0.1) is 0 Å². The molecule has 0 bridgehead atoms. The maximum absolute atomic E-state index is 13.0. The molecule has 1 fully saturated rings. The van der Waals surface area contributed by atoms with Gasteiger partial charge in [-0.2, -0.15) is 0 Å². The van der Waals surface area contributed by atoms with Gasteiger partial charge in [-0.3, -0.25) is 14.3 Å². The van der Waals surface area contributed by atoms with E-state index in [4.69, 9.17) is 5.11 Å². The highest BCUT2D eigenvalue weighted by Crippen LogP contribution is 2.29. The van der Waals surface area contributed by atoms with E-state index in [0.29, 0.717) is 36.8 Å². The Hall–Kier alpha value is -2.91. The van der Waals surface area contributed by atoms with E-state index in [1.54, 1.807) is 25.1 Å². The highest BCUT2D eigenvalue weighted by atomic mass is 32.2. The minimum Gasteiger partial charge on any atom is -0.387 e. The molecule has 0 spiro atoms. The monoisotopic (exact) mass is 459 g/mol. The number of carbonyl (C=O) groups excluding carboxylic acids is 2. The zero-order valence-electron chi connectivity index (χ0n) is 18.3. The van der Waals surface area contributed by atoms with E-state index < -0.39 is 22.5 Å². The van der Waals surface area contributed by atoms with Crippen molar-refractivity contribution in [1.82, 2.24) is 10.2 Å². The number of aryl methyl sites for hydroxylation is 1. The van der Waals surface area contributed by atoms with Gasteiger partial charge >= 0.3 is 0 Å². The summed E-state index contributed by atoms with van der Waals surface area (Å²) in [5.41, 5.74) is 3.80. The van der Waals surface area contributed by atoms with Crippen molar-refractivity contribution in [1.29, 1.82) is 0 Å². The van der Waals surface area contributed by atoms with Crippen LogP contribution in [0.4, 0.5) is 5.69 Å². The van der Waals surface area contributed by atoms with Crippen molar-refractivity contribution in [3.05, 3.63) is 64.7 Å². The van der Waals surface area contributed by atoms with Crippen molar-refractivity contribution in [3.8, 4) is 0 Å². The Morgan fingerprint density at radius 2 is 1.75 bits per heavy atom. The zero-order chi connectivity index (χ0) is 23.3. The molecule has 2 aromatic carbocycles. The third-order valence-electron chi connectivity index (χ3n) is 5.65. The van der Waals surface area contributed by atoms with Crippen molar-refractivity contribution < 1.29 is 23.1 Å². The number of hydrogen-bond donors (Lipinski definition) is 3. The first-order chi connectivity index (χ1) is 15.2. The number of nitrogens with one attached hydrogen (secondary N) is 2. The van der Waals surface area contributed by atoms with Gasteiger partial charge in [-0.25, -0.2) is 8.42 Å². The molecular formula is C23H29N3O5S. The number of piperidine rings is 1. The fraction of sp³-hybridized carbons (Fsp3) is 0.391. The van der Waals surface area contributed by atoms with Crippen LogP contribution in [0.15, 0.2) is 42.5 Å². The standard InChI is InChI=1S/C23H29N3O5S/c1-16-3-6-20(13-21(16)25-32(2,30)31)23(29)26-11-9-19(10-12-26)18-7-4-17(5-8-18)14-24-22(28)15-27/h3-8,13,19,25,27H,9-12,14-15H2,1-2H3,(H,24,28). The number of carbonyl (C=O) groups is 2. The fourth-order valence-electron chi connectivity index (χ4n) is 3.83. The Bertz CT molecular complexity index is 1080. The fourth-order valence-corrected chi connectivity index (χ4v) is 4.45. The molecule has 3 N–H and O–H groups in total. The molecule has 2 aromatic rings. The smallest absolute Gasteiger partial charge is 0.253 e. The van der Waals surface area contributed by atoms with Crippen LogP contribution >= 0.6 is 0 Å². The summed E-state index contributed by atoms with van der Waals surface area (Å²) in [6.45, 7) is 2.90. The summed E-state index contributed by atoms with van der Waals surface area (Å²) in [7, 11) is -3.42. The van der Waals surface area contributed by atoms with Crippen molar-refractivity contribution in [2.24, 2.45) is 0 Å². The average molecular weight is 460 g/mol. The lowest BCUT2D eigenvalue weighted by Gasteiger charge is -2.32. The van der Waals surface area contributed by atoms with Crippen LogP contribution in [0.1, 0.15) is 45.8 Å². The molecule has 9 heteroatoms. The Morgan fingerprint density at radius 1 is 1.09 bits per heavy atom. The highest BCUT2D eigenvalue weighted by Gasteiger charge is 2.25. The summed E-state index contributed by atoms with van der Waals surface area (Å²) >= 11 is 0. The van der Waals surface area contributed by atoms with Crippen LogP contribution in [0.25, 0.3) is 0 Å². The minimum atomic E-state index is -3.42. The van der Waals surface area contributed by atoms with E-state index in [-0.39, 0.29) is 5.91 Å². The number of benzene rings is 2. The van der Waals surface area contributed by atoms with Crippen molar-refractivity contribution >= 4 is 27.5 Å².